The zero-order valence-electron chi connectivity index (χ0n) is 9.88. The van der Waals surface area contributed by atoms with Crippen molar-refractivity contribution in [1.82, 2.24) is 4.90 Å². The van der Waals surface area contributed by atoms with Crippen molar-refractivity contribution in [3.8, 4) is 11.8 Å². The van der Waals surface area contributed by atoms with Gasteiger partial charge in [0.05, 0.1) is 13.2 Å². The molecule has 0 atom stereocenters. The smallest absolute Gasteiger partial charge is 0.0602 e. The van der Waals surface area contributed by atoms with Gasteiger partial charge in [-0.1, -0.05) is 25.7 Å². The minimum absolute atomic E-state index is 0.498. The van der Waals surface area contributed by atoms with Gasteiger partial charge in [0.2, 0.25) is 0 Å². The Labute approximate surface area is 93.0 Å². The largest absolute Gasteiger partial charge is 0.381 e. The zero-order chi connectivity index (χ0) is 10.7. The third-order valence-corrected chi connectivity index (χ3v) is 3.22. The van der Waals surface area contributed by atoms with Crippen molar-refractivity contribution in [2.24, 2.45) is 11.3 Å². The third kappa shape index (κ3) is 2.74. The van der Waals surface area contributed by atoms with E-state index in [1.807, 2.05) is 0 Å². The van der Waals surface area contributed by atoms with Crippen LogP contribution in [0.5, 0.6) is 0 Å². The number of rotatable bonds is 1. The molecule has 2 rings (SSSR count). The van der Waals surface area contributed by atoms with E-state index in [-0.39, 0.29) is 0 Å². The summed E-state index contributed by atoms with van der Waals surface area (Å²) < 4.78 is 5.56. The monoisotopic (exact) mass is 207 g/mol. The number of hydrogen-bond acceptors (Lipinski definition) is 2. The lowest BCUT2D eigenvalue weighted by Crippen LogP contribution is -2.59. The van der Waals surface area contributed by atoms with E-state index in [0.29, 0.717) is 11.3 Å². The van der Waals surface area contributed by atoms with E-state index in [0.717, 1.165) is 19.8 Å². The molecule has 1 spiro atoms. The van der Waals surface area contributed by atoms with Crippen LogP contribution >= 0.6 is 0 Å². The highest BCUT2D eigenvalue weighted by molar-refractivity contribution is 5.07. The van der Waals surface area contributed by atoms with E-state index in [9.17, 15) is 0 Å². The normalized spacial score (nSPS) is 24.7. The molecule has 0 aromatic heterocycles. The number of hydrogen-bond donors (Lipinski definition) is 0. The van der Waals surface area contributed by atoms with Crippen molar-refractivity contribution in [2.45, 2.75) is 26.7 Å². The van der Waals surface area contributed by atoms with Crippen molar-refractivity contribution in [3.05, 3.63) is 0 Å². The molecule has 84 valence electrons. The average Bonchev–Trinajstić information content (AvgIpc) is 2.16. The third-order valence-electron chi connectivity index (χ3n) is 3.22. The summed E-state index contributed by atoms with van der Waals surface area (Å²) in [5.74, 6) is 6.96. The fourth-order valence-electron chi connectivity index (χ4n) is 2.54. The maximum absolute atomic E-state index is 5.56. The minimum Gasteiger partial charge on any atom is -0.381 e. The van der Waals surface area contributed by atoms with Crippen LogP contribution in [0.25, 0.3) is 0 Å². The Morgan fingerprint density at radius 3 is 2.80 bits per heavy atom. The number of nitrogens with zero attached hydrogens (tertiary/aromatic N) is 1. The van der Waals surface area contributed by atoms with Crippen LogP contribution in [0, 0.1) is 23.2 Å². The second-order valence-corrected chi connectivity index (χ2v) is 5.28. The molecule has 0 N–H and O–H groups in total. The molecule has 2 aliphatic heterocycles. The van der Waals surface area contributed by atoms with Gasteiger partial charge >= 0.3 is 0 Å². The Morgan fingerprint density at radius 2 is 2.20 bits per heavy atom. The van der Waals surface area contributed by atoms with Crippen LogP contribution in [0.2, 0.25) is 0 Å². The first-order valence-corrected chi connectivity index (χ1v) is 5.99. The highest BCUT2D eigenvalue weighted by Crippen LogP contribution is 2.37. The fraction of sp³-hybridized carbons (Fsp3) is 0.846. The molecule has 0 aromatic carbocycles. The van der Waals surface area contributed by atoms with Crippen LogP contribution in [0.15, 0.2) is 0 Å². The van der Waals surface area contributed by atoms with Crippen molar-refractivity contribution in [3.63, 3.8) is 0 Å². The van der Waals surface area contributed by atoms with Gasteiger partial charge in [-0.3, -0.25) is 4.90 Å². The molecule has 0 radical (unpaired) electrons. The van der Waals surface area contributed by atoms with E-state index in [2.05, 4.69) is 30.6 Å². The average molecular weight is 207 g/mol. The lowest BCUT2D eigenvalue weighted by Gasteiger charge is -2.51. The van der Waals surface area contributed by atoms with E-state index >= 15 is 0 Å². The van der Waals surface area contributed by atoms with Crippen LogP contribution in [0.4, 0.5) is 0 Å². The quantitative estimate of drug-likeness (QED) is 0.607. The molecule has 0 amide bonds. The zero-order valence-corrected chi connectivity index (χ0v) is 9.88. The van der Waals surface area contributed by atoms with Gasteiger partial charge in [0.25, 0.3) is 0 Å². The van der Waals surface area contributed by atoms with Gasteiger partial charge in [-0.05, 0) is 12.8 Å². The summed E-state index contributed by atoms with van der Waals surface area (Å²) in [6.07, 6.45) is 2.59. The minimum atomic E-state index is 0.498. The second-order valence-electron chi connectivity index (χ2n) is 5.28. The molecule has 2 heteroatoms. The molecule has 0 unspecified atom stereocenters. The maximum Gasteiger partial charge on any atom is 0.0602 e. The molecule has 2 nitrogen and oxygen atoms in total. The van der Waals surface area contributed by atoms with Gasteiger partial charge in [0.1, 0.15) is 0 Å². The summed E-state index contributed by atoms with van der Waals surface area (Å²) in [5, 5.41) is 0. The van der Waals surface area contributed by atoms with E-state index < -0.39 is 0 Å². The summed E-state index contributed by atoms with van der Waals surface area (Å²) in [6, 6.07) is 0. The first-order chi connectivity index (χ1) is 7.20. The lowest BCUT2D eigenvalue weighted by atomic mass is 9.75. The first-order valence-electron chi connectivity index (χ1n) is 5.99. The van der Waals surface area contributed by atoms with E-state index in [1.54, 1.807) is 0 Å². The van der Waals surface area contributed by atoms with Crippen LogP contribution in [0.1, 0.15) is 26.7 Å². The van der Waals surface area contributed by atoms with E-state index in [4.69, 9.17) is 4.74 Å². The molecule has 15 heavy (non-hydrogen) atoms. The van der Waals surface area contributed by atoms with Crippen molar-refractivity contribution in [1.29, 1.82) is 0 Å². The van der Waals surface area contributed by atoms with Crippen LogP contribution < -0.4 is 0 Å². The Bertz CT molecular complexity index is 260. The highest BCUT2D eigenvalue weighted by Gasteiger charge is 2.43. The predicted octanol–water partition coefficient (Wildman–Crippen LogP) is 1.76. The predicted molar refractivity (Wildman–Crippen MR) is 61.5 cm³/mol. The van der Waals surface area contributed by atoms with Gasteiger partial charge in [-0.25, -0.2) is 0 Å². The summed E-state index contributed by atoms with van der Waals surface area (Å²) in [6.45, 7) is 9.55. The molecule has 0 saturated carbocycles. The van der Waals surface area contributed by atoms with Crippen LogP contribution in [-0.2, 0) is 4.74 Å². The molecule has 0 bridgehead atoms. The Morgan fingerprint density at radius 1 is 1.40 bits per heavy atom. The fourth-order valence-corrected chi connectivity index (χ4v) is 2.54. The Kier molecular flexibility index (Phi) is 3.33. The maximum atomic E-state index is 5.56. The molecule has 0 aliphatic carbocycles. The van der Waals surface area contributed by atoms with Gasteiger partial charge in [-0.2, -0.15) is 0 Å². The topological polar surface area (TPSA) is 12.5 Å². The van der Waals surface area contributed by atoms with Crippen molar-refractivity contribution < 1.29 is 4.74 Å². The second kappa shape index (κ2) is 4.55. The van der Waals surface area contributed by atoms with Crippen molar-refractivity contribution in [2.75, 3.05) is 32.8 Å². The molecule has 2 aliphatic rings. The van der Waals surface area contributed by atoms with E-state index in [1.165, 1.54) is 25.9 Å². The molecule has 0 aromatic rings. The lowest BCUT2D eigenvalue weighted by molar-refractivity contribution is -0.0956. The summed E-state index contributed by atoms with van der Waals surface area (Å²) in [5.41, 5.74) is 0.498. The molecular formula is C13H21NO. The van der Waals surface area contributed by atoms with Gasteiger partial charge in [-0.15, -0.1) is 0 Å². The summed E-state index contributed by atoms with van der Waals surface area (Å²) >= 11 is 0. The molecular weight excluding hydrogens is 186 g/mol. The first kappa shape index (κ1) is 11.0. The Hall–Kier alpha value is -0.520. The van der Waals surface area contributed by atoms with Gasteiger partial charge < -0.3 is 4.74 Å². The SMILES string of the molecule is CC(C)C#CCN1CC2(CCCOC2)C1. The van der Waals surface area contributed by atoms with Crippen LogP contribution in [-0.4, -0.2) is 37.7 Å². The molecule has 2 saturated heterocycles. The molecule has 2 fully saturated rings. The van der Waals surface area contributed by atoms with Gasteiger partial charge in [0.15, 0.2) is 0 Å². The van der Waals surface area contributed by atoms with Crippen LogP contribution in [0.3, 0.4) is 0 Å². The molecule has 2 heterocycles. The number of likely N-dealkylation sites (tertiary alicyclic amines) is 1. The summed E-state index contributed by atoms with van der Waals surface area (Å²) in [7, 11) is 0. The summed E-state index contributed by atoms with van der Waals surface area (Å²) in [4.78, 5) is 2.43. The Balaban J connectivity index is 1.71. The highest BCUT2D eigenvalue weighted by atomic mass is 16.5. The standard InChI is InChI=1S/C13H21NO/c1-12(2)5-3-7-14-9-13(10-14)6-4-8-15-11-13/h12H,4,6-11H2,1-2H3. The van der Waals surface area contributed by atoms with Gasteiger partial charge in [0, 0.05) is 31.0 Å². The number of ether oxygens (including phenoxy) is 1. The van der Waals surface area contributed by atoms with Crippen molar-refractivity contribution >= 4 is 0 Å².